The number of nitrogens with two attached hydrogens (primary N) is 2. The first-order valence-electron chi connectivity index (χ1n) is 20.3. The Bertz CT molecular complexity index is 2930. The molecule has 8 bridgehead atoms. The van der Waals surface area contributed by atoms with E-state index >= 15 is 0 Å². The highest BCUT2D eigenvalue weighted by Crippen LogP contribution is 2.28. The van der Waals surface area contributed by atoms with E-state index in [4.69, 9.17) is 21.2 Å². The third kappa shape index (κ3) is 8.89. The maximum Gasteiger partial charge on any atom is 0.328 e. The third-order valence-corrected chi connectivity index (χ3v) is 10.6. The van der Waals surface area contributed by atoms with E-state index in [0.717, 1.165) is 62.7 Å². The molecule has 62 heavy (non-hydrogen) atoms. The van der Waals surface area contributed by atoms with Gasteiger partial charge >= 0.3 is 5.69 Å². The van der Waals surface area contributed by atoms with E-state index in [2.05, 4.69) is 100 Å². The Kier molecular flexibility index (Phi) is 13.0. The molecule has 8 aromatic rings. The van der Waals surface area contributed by atoms with Gasteiger partial charge in [-0.15, -0.1) is 0 Å². The zero-order valence-electron chi connectivity index (χ0n) is 33.4. The molecule has 0 unspecified atom stereocenters. The normalized spacial score (nSPS) is 14.8. The Morgan fingerprint density at radius 1 is 0.677 bits per heavy atom. The SMILES string of the molecule is C.C.CCOc1nc2c(N)nc3nc2n1Cc1cccc(c1)C/C=C/CCCn1ccnc1-3.Nc1nc2nc3c1[nH]c(=O)n3Cc1cccc(c1)C/C=C/CCCn1ccnc1-2. The van der Waals surface area contributed by atoms with Gasteiger partial charge in [0.05, 0.1) is 19.7 Å². The molecule has 2 aliphatic rings. The molecule has 0 amide bonds. The van der Waals surface area contributed by atoms with Gasteiger partial charge in [0.2, 0.25) is 0 Å². The van der Waals surface area contributed by atoms with Gasteiger partial charge in [-0.3, -0.25) is 9.13 Å². The molecule has 320 valence electrons. The number of nitrogen functional groups attached to an aromatic ring is 2. The number of aromatic nitrogens is 12. The summed E-state index contributed by atoms with van der Waals surface area (Å²) in [5.41, 5.74) is 19.0. The number of fused-ring (bicyclic) bond motifs is 10. The first-order chi connectivity index (χ1) is 29.4. The lowest BCUT2D eigenvalue weighted by atomic mass is 10.1. The van der Waals surface area contributed by atoms with Gasteiger partial charge in [0.15, 0.2) is 51.7 Å². The Balaban J connectivity index is 0.000000181. The van der Waals surface area contributed by atoms with Crippen molar-refractivity contribution in [2.75, 3.05) is 18.1 Å². The Morgan fingerprint density at radius 3 is 1.82 bits per heavy atom. The van der Waals surface area contributed by atoms with Crippen LogP contribution < -0.4 is 21.9 Å². The van der Waals surface area contributed by atoms with E-state index in [1.807, 2.05) is 40.6 Å². The van der Waals surface area contributed by atoms with Crippen LogP contribution in [0.2, 0.25) is 0 Å². The summed E-state index contributed by atoms with van der Waals surface area (Å²) >= 11 is 0. The number of nitrogens with one attached hydrogen (secondary N) is 1. The molecular formula is C46H54N14O2. The van der Waals surface area contributed by atoms with Crippen molar-refractivity contribution in [1.29, 1.82) is 0 Å². The number of hydrogen-bond donors (Lipinski definition) is 3. The molecule has 0 radical (unpaired) electrons. The molecule has 0 spiro atoms. The van der Waals surface area contributed by atoms with Crippen LogP contribution in [0.4, 0.5) is 11.6 Å². The van der Waals surface area contributed by atoms with E-state index < -0.39 is 0 Å². The monoisotopic (exact) mass is 834 g/mol. The van der Waals surface area contributed by atoms with Crippen molar-refractivity contribution in [3.63, 3.8) is 0 Å². The summed E-state index contributed by atoms with van der Waals surface area (Å²) in [7, 11) is 0. The van der Waals surface area contributed by atoms with Gasteiger partial charge in [-0.2, -0.15) is 4.98 Å². The molecule has 8 heterocycles. The molecule has 5 N–H and O–H groups in total. The second kappa shape index (κ2) is 18.9. The second-order valence-corrected chi connectivity index (χ2v) is 14.8. The molecule has 10 rings (SSSR count). The summed E-state index contributed by atoms with van der Waals surface area (Å²) < 4.78 is 13.5. The van der Waals surface area contributed by atoms with Crippen LogP contribution in [0.3, 0.4) is 0 Å². The second-order valence-electron chi connectivity index (χ2n) is 14.8. The van der Waals surface area contributed by atoms with Gasteiger partial charge < -0.3 is 30.3 Å². The van der Waals surface area contributed by atoms with Gasteiger partial charge in [0.1, 0.15) is 5.52 Å². The Morgan fingerprint density at radius 2 is 1.23 bits per heavy atom. The number of ether oxygens (including phenoxy) is 1. The fourth-order valence-corrected chi connectivity index (χ4v) is 7.68. The number of aryl methyl sites for hydroxylation is 2. The van der Waals surface area contributed by atoms with Crippen LogP contribution in [-0.4, -0.2) is 64.7 Å². The highest BCUT2D eigenvalue weighted by atomic mass is 16.5. The van der Waals surface area contributed by atoms with Crippen molar-refractivity contribution in [1.82, 2.24) is 58.1 Å². The highest BCUT2D eigenvalue weighted by molar-refractivity contribution is 5.85. The predicted octanol–water partition coefficient (Wildman–Crippen LogP) is 7.39. The van der Waals surface area contributed by atoms with Crippen LogP contribution in [0.5, 0.6) is 6.01 Å². The van der Waals surface area contributed by atoms with Crippen LogP contribution in [0, 0.1) is 0 Å². The van der Waals surface area contributed by atoms with Crippen molar-refractivity contribution in [2.45, 2.75) is 86.5 Å². The summed E-state index contributed by atoms with van der Waals surface area (Å²) in [6.07, 6.45) is 22.0. The zero-order valence-corrected chi connectivity index (χ0v) is 33.4. The van der Waals surface area contributed by atoms with Crippen LogP contribution in [-0.2, 0) is 39.0 Å². The van der Waals surface area contributed by atoms with Gasteiger partial charge in [0, 0.05) is 37.9 Å². The number of rotatable bonds is 2. The molecule has 16 heteroatoms. The van der Waals surface area contributed by atoms with Crippen LogP contribution in [0.25, 0.3) is 45.6 Å². The lowest BCUT2D eigenvalue weighted by Crippen LogP contribution is -2.18. The maximum atomic E-state index is 12.6. The summed E-state index contributed by atoms with van der Waals surface area (Å²) in [6.45, 7) is 5.05. The van der Waals surface area contributed by atoms with Gasteiger partial charge in [-0.05, 0) is 67.7 Å². The van der Waals surface area contributed by atoms with Crippen molar-refractivity contribution in [3.05, 3.63) is 130 Å². The van der Waals surface area contributed by atoms with Crippen LogP contribution in [0.15, 0.2) is 102 Å². The number of anilines is 2. The molecule has 0 aliphatic carbocycles. The molecule has 0 atom stereocenters. The van der Waals surface area contributed by atoms with Gasteiger partial charge in [0.25, 0.3) is 6.01 Å². The smallest absolute Gasteiger partial charge is 0.328 e. The molecule has 0 fully saturated rings. The topological polar surface area (TPSA) is 204 Å². The minimum atomic E-state index is -0.257. The van der Waals surface area contributed by atoms with Crippen LogP contribution in [0.1, 0.15) is 69.7 Å². The summed E-state index contributed by atoms with van der Waals surface area (Å²) in [5.74, 6) is 2.84. The van der Waals surface area contributed by atoms with Crippen molar-refractivity contribution in [3.8, 4) is 29.3 Å². The Labute approximate surface area is 360 Å². The molecule has 0 saturated heterocycles. The van der Waals surface area contributed by atoms with Crippen molar-refractivity contribution in [2.24, 2.45) is 0 Å². The number of aromatic amines is 1. The quantitative estimate of drug-likeness (QED) is 0.147. The fourth-order valence-electron chi connectivity index (χ4n) is 7.68. The minimum absolute atomic E-state index is 0. The first kappa shape index (κ1) is 42.8. The van der Waals surface area contributed by atoms with Crippen molar-refractivity contribution < 1.29 is 4.74 Å². The molecular weight excluding hydrogens is 781 g/mol. The van der Waals surface area contributed by atoms with Gasteiger partial charge in [-0.25, -0.2) is 34.7 Å². The van der Waals surface area contributed by atoms with E-state index in [1.165, 1.54) is 11.1 Å². The molecule has 6 aromatic heterocycles. The highest BCUT2D eigenvalue weighted by Gasteiger charge is 2.21. The average molecular weight is 835 g/mol. The number of nitrogens with zero attached hydrogens (tertiary/aromatic N) is 11. The summed E-state index contributed by atoms with van der Waals surface area (Å²) in [6, 6.07) is 17.3. The van der Waals surface area contributed by atoms with Gasteiger partial charge in [-0.1, -0.05) is 87.7 Å². The summed E-state index contributed by atoms with van der Waals surface area (Å²) in [4.78, 5) is 47.4. The maximum absolute atomic E-state index is 12.6. The summed E-state index contributed by atoms with van der Waals surface area (Å²) in [5, 5.41) is 0. The first-order valence-corrected chi connectivity index (χ1v) is 20.3. The van der Waals surface area contributed by atoms with E-state index in [0.29, 0.717) is 77.2 Å². The minimum Gasteiger partial charge on any atom is -0.465 e. The number of hydrogen-bond acceptors (Lipinski definition) is 11. The molecule has 2 aliphatic heterocycles. The molecule has 0 saturated carbocycles. The lowest BCUT2D eigenvalue weighted by molar-refractivity contribution is 0.301. The number of H-pyrrole nitrogens is 1. The van der Waals surface area contributed by atoms with Crippen LogP contribution >= 0.6 is 0 Å². The lowest BCUT2D eigenvalue weighted by Gasteiger charge is -2.11. The fraction of sp³-hybridized carbons (Fsp3) is 0.304. The predicted molar refractivity (Wildman–Crippen MR) is 245 cm³/mol. The molecule has 16 nitrogen and oxygen atoms in total. The third-order valence-electron chi connectivity index (χ3n) is 10.6. The average Bonchev–Trinajstić information content (AvgIpc) is 4.05. The van der Waals surface area contributed by atoms with E-state index in [9.17, 15) is 4.79 Å². The van der Waals surface area contributed by atoms with E-state index in [1.54, 1.807) is 17.0 Å². The molecule has 2 aromatic carbocycles. The zero-order chi connectivity index (χ0) is 41.0. The van der Waals surface area contributed by atoms with E-state index in [-0.39, 0.29) is 26.4 Å². The number of benzene rings is 2. The number of allylic oxidation sites excluding steroid dienone is 4. The Hall–Kier alpha value is -7.36. The largest absolute Gasteiger partial charge is 0.465 e. The standard InChI is InChI=1S/C23H25N7O.C21H21N7O.2CH4/c1-2-31-23-26-18-19(24)27-20-22-25-11-13-29(22)12-6-4-3-5-8-16-9-7-10-17(14-16)15-30(23)21(18)28-20;22-17-16-19-26-18(25-17)20-23-9-11-27(20)10-4-2-1-3-6-14-7-5-8-15(12-14)13-28(19)21(29)24-16;;/h3,5,7,9-11,13-14H,2,4,6,8,12,15H2,1H3,(H2,24,27,28);1,3,5,7-9,11-12H,2,4,6,10,13H2,(H,24,29)(H2,22,25,26);2*1H4/b5-3+;3-1+;;. The van der Waals surface area contributed by atoms with Crippen molar-refractivity contribution >= 4 is 34.0 Å². The number of imidazole rings is 4.